The molecular formula is H15LiO10S. The van der Waals surface area contributed by atoms with E-state index >= 15 is 0 Å². The number of hydrogen-bond acceptors (Lipinski definition) is 2. The average Bonchev–Trinajstić information content (AvgIpc) is 0.722. The summed E-state index contributed by atoms with van der Waals surface area (Å²) in [5, 5.41) is 0. The van der Waals surface area contributed by atoms with Gasteiger partial charge in [0.05, 0.1) is 0 Å². The molecule has 0 atom stereocenters. The van der Waals surface area contributed by atoms with Crippen LogP contribution >= 0.6 is 0 Å². The van der Waals surface area contributed by atoms with Crippen molar-refractivity contribution in [1.82, 2.24) is 0 Å². The van der Waals surface area contributed by atoms with Crippen molar-refractivity contribution >= 4 is 10.4 Å². The fourth-order valence-corrected chi connectivity index (χ4v) is 0. The molecule has 0 rings (SSSR count). The molecule has 82 valence electrons. The standard InChI is InChI=1S/Li.H2O4S.6H2O.H/c;1-5(2,3)4;;;;;;;/h;(H2,1,2,3,4);6*1H2;/q+1;;;;;;;;-1. The van der Waals surface area contributed by atoms with Gasteiger partial charge in [-0.2, -0.15) is 8.42 Å². The summed E-state index contributed by atoms with van der Waals surface area (Å²) in [5.74, 6) is 0. The zero-order valence-electron chi connectivity index (χ0n) is 7.12. The van der Waals surface area contributed by atoms with Gasteiger partial charge in [-0.15, -0.1) is 0 Å². The Bertz CT molecular complexity index is 98.1. The first kappa shape index (κ1) is 86.2. The van der Waals surface area contributed by atoms with Gasteiger partial charge in [-0.05, 0) is 0 Å². The van der Waals surface area contributed by atoms with E-state index in [1.54, 1.807) is 0 Å². The van der Waals surface area contributed by atoms with E-state index in [1.807, 2.05) is 0 Å². The molecule has 0 aliphatic heterocycles. The minimum Gasteiger partial charge on any atom is -1.00 e. The van der Waals surface area contributed by atoms with Gasteiger partial charge in [0.2, 0.25) is 0 Å². The second-order valence-corrected chi connectivity index (χ2v) is 1.34. The Morgan fingerprint density at radius 1 is 0.750 bits per heavy atom. The van der Waals surface area contributed by atoms with Crippen molar-refractivity contribution in [2.75, 3.05) is 0 Å². The Morgan fingerprint density at radius 2 is 0.750 bits per heavy atom. The molecule has 0 aliphatic carbocycles. The van der Waals surface area contributed by atoms with Crippen LogP contribution in [-0.4, -0.2) is 50.4 Å². The number of hydrogen-bond donors (Lipinski definition) is 2. The molecule has 10 nitrogen and oxygen atoms in total. The molecule has 0 fully saturated rings. The molecule has 0 radical (unpaired) electrons. The molecule has 0 aromatic heterocycles. The van der Waals surface area contributed by atoms with E-state index in [4.69, 9.17) is 17.5 Å². The van der Waals surface area contributed by atoms with Gasteiger partial charge in [0.25, 0.3) is 0 Å². The average molecular weight is 214 g/mol. The topological polar surface area (TPSA) is 264 Å². The Hall–Kier alpha value is 0.227. The van der Waals surface area contributed by atoms with E-state index in [-0.39, 0.29) is 53.1 Å². The Balaban J connectivity index is -0.00000000286. The zero-order chi connectivity index (χ0) is 4.50. The van der Waals surface area contributed by atoms with Crippen LogP contribution in [0.3, 0.4) is 0 Å². The minimum absolute atomic E-state index is 0. The van der Waals surface area contributed by atoms with Gasteiger partial charge in [0.15, 0.2) is 0 Å². The van der Waals surface area contributed by atoms with Crippen molar-refractivity contribution in [3.63, 3.8) is 0 Å². The summed E-state index contributed by atoms with van der Waals surface area (Å²) in [6.45, 7) is 0. The summed E-state index contributed by atoms with van der Waals surface area (Å²) in [4.78, 5) is 0. The van der Waals surface area contributed by atoms with Crippen molar-refractivity contribution in [3.8, 4) is 0 Å². The van der Waals surface area contributed by atoms with Crippen LogP contribution in [0.5, 0.6) is 0 Å². The predicted molar refractivity (Wildman–Crippen MR) is 37.0 cm³/mol. The second kappa shape index (κ2) is 30.3. The van der Waals surface area contributed by atoms with Crippen molar-refractivity contribution in [2.24, 2.45) is 0 Å². The predicted octanol–water partition coefficient (Wildman–Crippen LogP) is -8.48. The first-order valence-electron chi connectivity index (χ1n) is 0.698. The molecule has 0 unspecified atom stereocenters. The van der Waals surface area contributed by atoms with Crippen LogP contribution in [0, 0.1) is 0 Å². The van der Waals surface area contributed by atoms with E-state index in [0.29, 0.717) is 0 Å². The van der Waals surface area contributed by atoms with E-state index < -0.39 is 10.4 Å². The Kier molecular flexibility index (Phi) is 218. The fourth-order valence-electron chi connectivity index (χ4n) is 0. The first-order valence-corrected chi connectivity index (χ1v) is 2.10. The molecule has 0 saturated heterocycles. The quantitative estimate of drug-likeness (QED) is 0.293. The summed E-state index contributed by atoms with van der Waals surface area (Å²) >= 11 is 0. The minimum atomic E-state index is -4.67. The van der Waals surface area contributed by atoms with Crippen LogP contribution in [0.4, 0.5) is 0 Å². The van der Waals surface area contributed by atoms with Crippen LogP contribution in [0.2, 0.25) is 0 Å². The maximum absolute atomic E-state index is 8.74. The van der Waals surface area contributed by atoms with Gasteiger partial charge in [0, 0.05) is 0 Å². The molecule has 0 bridgehead atoms. The van der Waals surface area contributed by atoms with Gasteiger partial charge in [0.1, 0.15) is 0 Å². The molecule has 0 saturated carbocycles. The molecule has 0 aromatic carbocycles. The van der Waals surface area contributed by atoms with E-state index in [9.17, 15) is 0 Å². The third-order valence-corrected chi connectivity index (χ3v) is 0. The Morgan fingerprint density at radius 3 is 0.750 bits per heavy atom. The molecule has 0 spiro atoms. The maximum atomic E-state index is 8.74. The van der Waals surface area contributed by atoms with Crippen LogP contribution in [0.25, 0.3) is 0 Å². The Labute approximate surface area is 81.7 Å². The van der Waals surface area contributed by atoms with Crippen molar-refractivity contribution in [3.05, 3.63) is 0 Å². The summed E-state index contributed by atoms with van der Waals surface area (Å²) in [5.41, 5.74) is 0. The maximum Gasteiger partial charge on any atom is 1.00 e. The molecule has 0 amide bonds. The van der Waals surface area contributed by atoms with Crippen LogP contribution in [0.15, 0.2) is 0 Å². The fraction of sp³-hybridized carbons (Fsp3) is 0. The third-order valence-electron chi connectivity index (χ3n) is 0. The SMILES string of the molecule is O.O.O.O.O.O.O=S(=O)(O)O.[H-].[Li+]. The van der Waals surface area contributed by atoms with Gasteiger partial charge in [-0.1, -0.05) is 0 Å². The number of rotatable bonds is 0. The first-order chi connectivity index (χ1) is 2.00. The van der Waals surface area contributed by atoms with Crippen molar-refractivity contribution in [2.45, 2.75) is 0 Å². The summed E-state index contributed by atoms with van der Waals surface area (Å²) in [7, 11) is -4.67. The molecule has 0 aliphatic rings. The monoisotopic (exact) mass is 214 g/mol. The second-order valence-electron chi connectivity index (χ2n) is 0.448. The van der Waals surface area contributed by atoms with Crippen molar-refractivity contribution in [1.29, 1.82) is 0 Å². The van der Waals surface area contributed by atoms with E-state index in [1.165, 1.54) is 0 Å². The molecule has 12 heavy (non-hydrogen) atoms. The van der Waals surface area contributed by atoms with Crippen LogP contribution < -0.4 is 18.9 Å². The zero-order valence-corrected chi connectivity index (χ0v) is 6.94. The van der Waals surface area contributed by atoms with Gasteiger partial charge < -0.3 is 34.3 Å². The molecule has 0 aromatic rings. The normalized spacial score (nSPS) is 4.83. The van der Waals surface area contributed by atoms with Gasteiger partial charge in [-0.25, -0.2) is 0 Å². The van der Waals surface area contributed by atoms with Crippen molar-refractivity contribution < 1.29 is 70.7 Å². The molecule has 14 N–H and O–H groups in total. The molecule has 0 heterocycles. The molecular weight excluding hydrogens is 199 g/mol. The van der Waals surface area contributed by atoms with E-state index in [2.05, 4.69) is 0 Å². The largest absolute Gasteiger partial charge is 1.00 e. The summed E-state index contributed by atoms with van der Waals surface area (Å²) < 4.78 is 31.6. The van der Waals surface area contributed by atoms with Crippen LogP contribution in [-0.2, 0) is 10.4 Å². The van der Waals surface area contributed by atoms with Gasteiger partial charge >= 0.3 is 29.3 Å². The summed E-state index contributed by atoms with van der Waals surface area (Å²) in [6, 6.07) is 0. The van der Waals surface area contributed by atoms with Crippen LogP contribution in [0.1, 0.15) is 1.43 Å². The molecule has 12 heteroatoms. The van der Waals surface area contributed by atoms with Gasteiger partial charge in [-0.3, -0.25) is 9.11 Å². The van der Waals surface area contributed by atoms with E-state index in [0.717, 1.165) is 0 Å². The summed E-state index contributed by atoms with van der Waals surface area (Å²) in [6.07, 6.45) is 0. The smallest absolute Gasteiger partial charge is 1.00 e. The third kappa shape index (κ3) is 16800.